The third kappa shape index (κ3) is 3.16. The Bertz CT molecular complexity index is 356. The van der Waals surface area contributed by atoms with E-state index in [2.05, 4.69) is 5.32 Å². The smallest absolute Gasteiger partial charge is 0.317 e. The van der Waals surface area contributed by atoms with Crippen LogP contribution in [-0.2, 0) is 4.79 Å². The van der Waals surface area contributed by atoms with E-state index in [-0.39, 0.29) is 18.6 Å². The molecule has 2 aliphatic rings. The normalized spacial score (nSPS) is 26.2. The predicted molar refractivity (Wildman–Crippen MR) is 75.4 cm³/mol. The standard InChI is InChI=1S/C13H22N2O3S/c1-10-8-19-7-6-15(10)12(18)14-9-13(11(16)17)4-2-3-5-13/h10H,2-9H2,1H3,(H,14,18)(H,16,17). The highest BCUT2D eigenvalue weighted by Crippen LogP contribution is 2.37. The SMILES string of the molecule is CC1CSCCN1C(=O)NCC1(C(=O)O)CCCC1. The predicted octanol–water partition coefficient (Wildman–Crippen LogP) is 1.78. The summed E-state index contributed by atoms with van der Waals surface area (Å²) in [7, 11) is 0. The Hall–Kier alpha value is -0.910. The molecule has 19 heavy (non-hydrogen) atoms. The third-order valence-corrected chi connectivity index (χ3v) is 5.41. The van der Waals surface area contributed by atoms with Crippen molar-refractivity contribution in [3.05, 3.63) is 0 Å². The highest BCUT2D eigenvalue weighted by molar-refractivity contribution is 7.99. The maximum atomic E-state index is 12.1. The van der Waals surface area contributed by atoms with E-state index in [4.69, 9.17) is 0 Å². The fourth-order valence-corrected chi connectivity index (χ4v) is 3.91. The number of urea groups is 1. The molecule has 0 aromatic carbocycles. The molecule has 1 unspecified atom stereocenters. The summed E-state index contributed by atoms with van der Waals surface area (Å²) in [6, 6.07) is 0.114. The molecule has 5 nitrogen and oxygen atoms in total. The molecule has 6 heteroatoms. The Kier molecular flexibility index (Phi) is 4.60. The van der Waals surface area contributed by atoms with Crippen LogP contribution in [0.1, 0.15) is 32.6 Å². The first kappa shape index (κ1) is 14.5. The van der Waals surface area contributed by atoms with Crippen molar-refractivity contribution in [1.29, 1.82) is 0 Å². The van der Waals surface area contributed by atoms with Crippen molar-refractivity contribution in [2.24, 2.45) is 5.41 Å². The van der Waals surface area contributed by atoms with E-state index in [1.165, 1.54) is 0 Å². The number of amides is 2. The molecule has 1 saturated heterocycles. The van der Waals surface area contributed by atoms with Crippen LogP contribution in [0.25, 0.3) is 0 Å². The van der Waals surface area contributed by atoms with Crippen molar-refractivity contribution in [3.63, 3.8) is 0 Å². The van der Waals surface area contributed by atoms with Gasteiger partial charge in [0.25, 0.3) is 0 Å². The molecule has 0 bridgehead atoms. The summed E-state index contributed by atoms with van der Waals surface area (Å²) < 4.78 is 0. The molecule has 2 fully saturated rings. The Morgan fingerprint density at radius 1 is 1.42 bits per heavy atom. The summed E-state index contributed by atoms with van der Waals surface area (Å²) in [6.45, 7) is 3.05. The largest absolute Gasteiger partial charge is 0.481 e. The lowest BCUT2D eigenvalue weighted by Gasteiger charge is -2.34. The van der Waals surface area contributed by atoms with Crippen LogP contribution in [-0.4, -0.2) is 52.6 Å². The topological polar surface area (TPSA) is 69.6 Å². The van der Waals surface area contributed by atoms with Crippen LogP contribution in [0.4, 0.5) is 4.79 Å². The number of nitrogens with zero attached hydrogens (tertiary/aromatic N) is 1. The summed E-state index contributed by atoms with van der Waals surface area (Å²) in [5.41, 5.74) is -0.733. The van der Waals surface area contributed by atoms with Gasteiger partial charge in [-0.25, -0.2) is 4.79 Å². The first-order valence-electron chi connectivity index (χ1n) is 6.91. The van der Waals surface area contributed by atoms with Gasteiger partial charge in [-0.1, -0.05) is 12.8 Å². The minimum Gasteiger partial charge on any atom is -0.481 e. The Balaban J connectivity index is 1.90. The molecule has 0 aromatic rings. The molecule has 1 heterocycles. The maximum absolute atomic E-state index is 12.1. The molecule has 2 amide bonds. The molecule has 1 atom stereocenters. The van der Waals surface area contributed by atoms with Gasteiger partial charge in [-0.2, -0.15) is 11.8 Å². The minimum absolute atomic E-state index is 0.111. The molecule has 1 aliphatic heterocycles. The molecular formula is C13H22N2O3S. The lowest BCUT2D eigenvalue weighted by atomic mass is 9.86. The average Bonchev–Trinajstić information content (AvgIpc) is 2.86. The second-order valence-corrected chi connectivity index (χ2v) is 6.72. The number of nitrogens with one attached hydrogen (secondary N) is 1. The van der Waals surface area contributed by atoms with E-state index < -0.39 is 11.4 Å². The zero-order valence-corrected chi connectivity index (χ0v) is 12.2. The molecule has 1 aliphatic carbocycles. The van der Waals surface area contributed by atoms with Gasteiger partial charge in [0.2, 0.25) is 0 Å². The number of thioether (sulfide) groups is 1. The summed E-state index contributed by atoms with van der Waals surface area (Å²) in [4.78, 5) is 25.4. The van der Waals surface area contributed by atoms with Gasteiger partial charge < -0.3 is 15.3 Å². The number of aliphatic carboxylic acids is 1. The number of hydrogen-bond acceptors (Lipinski definition) is 3. The molecule has 2 rings (SSSR count). The second-order valence-electron chi connectivity index (χ2n) is 5.57. The Morgan fingerprint density at radius 2 is 2.11 bits per heavy atom. The lowest BCUT2D eigenvalue weighted by molar-refractivity contribution is -0.148. The van der Waals surface area contributed by atoms with E-state index in [1.807, 2.05) is 23.6 Å². The fraction of sp³-hybridized carbons (Fsp3) is 0.846. The molecule has 2 N–H and O–H groups in total. The Labute approximate surface area is 118 Å². The number of carbonyl (C=O) groups excluding carboxylic acids is 1. The van der Waals surface area contributed by atoms with Gasteiger partial charge in [-0.15, -0.1) is 0 Å². The van der Waals surface area contributed by atoms with E-state index >= 15 is 0 Å². The highest BCUT2D eigenvalue weighted by atomic mass is 32.2. The van der Waals surface area contributed by atoms with Crippen molar-refractivity contribution in [2.75, 3.05) is 24.6 Å². The number of carboxylic acid groups (broad SMARTS) is 1. The van der Waals surface area contributed by atoms with Crippen LogP contribution >= 0.6 is 11.8 Å². The van der Waals surface area contributed by atoms with Crippen LogP contribution in [0, 0.1) is 5.41 Å². The number of hydrogen-bond donors (Lipinski definition) is 2. The average molecular weight is 286 g/mol. The summed E-state index contributed by atoms with van der Waals surface area (Å²) in [5.74, 6) is 1.15. The second kappa shape index (κ2) is 6.03. The minimum atomic E-state index is -0.771. The van der Waals surface area contributed by atoms with Crippen molar-refractivity contribution in [3.8, 4) is 0 Å². The van der Waals surface area contributed by atoms with Gasteiger partial charge in [0.1, 0.15) is 0 Å². The molecule has 108 valence electrons. The van der Waals surface area contributed by atoms with E-state index in [0.29, 0.717) is 12.8 Å². The summed E-state index contributed by atoms with van der Waals surface area (Å²) >= 11 is 1.86. The number of rotatable bonds is 3. The first-order valence-corrected chi connectivity index (χ1v) is 8.06. The van der Waals surface area contributed by atoms with Gasteiger partial charge in [0.15, 0.2) is 0 Å². The zero-order valence-electron chi connectivity index (χ0n) is 11.4. The van der Waals surface area contributed by atoms with Crippen LogP contribution in [0.15, 0.2) is 0 Å². The Morgan fingerprint density at radius 3 is 2.68 bits per heavy atom. The molecule has 0 aromatic heterocycles. The van der Waals surface area contributed by atoms with Gasteiger partial charge in [-0.3, -0.25) is 4.79 Å². The zero-order chi connectivity index (χ0) is 13.9. The van der Waals surface area contributed by atoms with Gasteiger partial charge in [0, 0.05) is 30.6 Å². The van der Waals surface area contributed by atoms with Crippen molar-refractivity contribution < 1.29 is 14.7 Å². The lowest BCUT2D eigenvalue weighted by Crippen LogP contribution is -2.52. The summed E-state index contributed by atoms with van der Waals surface area (Å²) in [5, 5.41) is 12.2. The number of carboxylic acids is 1. The van der Waals surface area contributed by atoms with Gasteiger partial charge in [-0.05, 0) is 19.8 Å². The maximum Gasteiger partial charge on any atom is 0.317 e. The molecular weight excluding hydrogens is 264 g/mol. The quantitative estimate of drug-likeness (QED) is 0.829. The van der Waals surface area contributed by atoms with Crippen LogP contribution in [0.3, 0.4) is 0 Å². The monoisotopic (exact) mass is 286 g/mol. The first-order chi connectivity index (χ1) is 9.05. The number of carbonyl (C=O) groups is 2. The highest BCUT2D eigenvalue weighted by Gasteiger charge is 2.41. The van der Waals surface area contributed by atoms with E-state index in [0.717, 1.165) is 30.9 Å². The third-order valence-electron chi connectivity index (χ3n) is 4.22. The van der Waals surface area contributed by atoms with Crippen LogP contribution in [0.5, 0.6) is 0 Å². The van der Waals surface area contributed by atoms with E-state index in [1.54, 1.807) is 0 Å². The molecule has 0 spiro atoms. The van der Waals surface area contributed by atoms with Crippen molar-refractivity contribution in [1.82, 2.24) is 10.2 Å². The van der Waals surface area contributed by atoms with Crippen LogP contribution in [0.2, 0.25) is 0 Å². The van der Waals surface area contributed by atoms with Gasteiger partial charge in [0.05, 0.1) is 5.41 Å². The van der Waals surface area contributed by atoms with Crippen LogP contribution < -0.4 is 5.32 Å². The molecule has 0 radical (unpaired) electrons. The van der Waals surface area contributed by atoms with Crippen molar-refractivity contribution in [2.45, 2.75) is 38.6 Å². The van der Waals surface area contributed by atoms with E-state index in [9.17, 15) is 14.7 Å². The van der Waals surface area contributed by atoms with Gasteiger partial charge >= 0.3 is 12.0 Å². The summed E-state index contributed by atoms with van der Waals surface area (Å²) in [6.07, 6.45) is 3.24. The molecule has 1 saturated carbocycles. The fourth-order valence-electron chi connectivity index (χ4n) is 2.89. The van der Waals surface area contributed by atoms with Crippen molar-refractivity contribution >= 4 is 23.8 Å².